The van der Waals surface area contributed by atoms with Gasteiger partial charge in [0, 0.05) is 5.56 Å². The lowest BCUT2D eigenvalue weighted by Gasteiger charge is -1.97. The second kappa shape index (κ2) is 7.23. The Hall–Kier alpha value is -2.09. The molecule has 0 saturated heterocycles. The number of hydrogen-bond acceptors (Lipinski definition) is 2. The van der Waals surface area contributed by atoms with E-state index in [0.717, 1.165) is 17.6 Å². The van der Waals surface area contributed by atoms with Gasteiger partial charge in [0.2, 0.25) is 0 Å². The summed E-state index contributed by atoms with van der Waals surface area (Å²) in [5.74, 6) is 0.917. The summed E-state index contributed by atoms with van der Waals surface area (Å²) in [7, 11) is 1.67. The standard InChI is InChI=1S/C8H10O.C7H6O/c1-7-3-5-8(9-2)6-4-7;8-6-7-4-2-1-3-5-7/h3-6H,1-2H3;1-6H. The van der Waals surface area contributed by atoms with Crippen LogP contribution in [0.15, 0.2) is 54.6 Å². The molecule has 0 aliphatic carbocycles. The molecule has 0 N–H and O–H groups in total. The Bertz CT molecular complexity index is 432. The highest BCUT2D eigenvalue weighted by Gasteiger charge is 1.85. The zero-order valence-electron chi connectivity index (χ0n) is 10.1. The first-order valence-electron chi connectivity index (χ1n) is 5.37. The maximum Gasteiger partial charge on any atom is 0.150 e. The first-order valence-corrected chi connectivity index (χ1v) is 5.37. The zero-order valence-corrected chi connectivity index (χ0v) is 10.1. The van der Waals surface area contributed by atoms with E-state index in [9.17, 15) is 4.79 Å². The lowest BCUT2D eigenvalue weighted by atomic mass is 10.2. The van der Waals surface area contributed by atoms with Crippen molar-refractivity contribution in [2.75, 3.05) is 7.11 Å². The molecule has 0 radical (unpaired) electrons. The van der Waals surface area contributed by atoms with E-state index >= 15 is 0 Å². The molecule has 2 aromatic rings. The second-order valence-corrected chi connectivity index (χ2v) is 3.55. The minimum atomic E-state index is 0.729. The van der Waals surface area contributed by atoms with Gasteiger partial charge in [-0.3, -0.25) is 4.79 Å². The Labute approximate surface area is 102 Å². The van der Waals surface area contributed by atoms with E-state index in [1.165, 1.54) is 5.56 Å². The predicted octanol–water partition coefficient (Wildman–Crippen LogP) is 3.50. The van der Waals surface area contributed by atoms with Gasteiger partial charge in [-0.15, -0.1) is 0 Å². The van der Waals surface area contributed by atoms with Gasteiger partial charge in [-0.1, -0.05) is 48.0 Å². The topological polar surface area (TPSA) is 26.3 Å². The van der Waals surface area contributed by atoms with Crippen LogP contribution in [-0.4, -0.2) is 13.4 Å². The average Bonchev–Trinajstić information content (AvgIpc) is 2.41. The Morgan fingerprint density at radius 3 is 1.94 bits per heavy atom. The van der Waals surface area contributed by atoms with Crippen molar-refractivity contribution in [3.8, 4) is 5.75 Å². The Morgan fingerprint density at radius 2 is 1.53 bits per heavy atom. The third-order valence-corrected chi connectivity index (χ3v) is 2.19. The van der Waals surface area contributed by atoms with E-state index in [2.05, 4.69) is 6.92 Å². The van der Waals surface area contributed by atoms with Gasteiger partial charge in [-0.25, -0.2) is 0 Å². The molecule has 2 nitrogen and oxygen atoms in total. The fourth-order valence-corrected chi connectivity index (χ4v) is 1.21. The summed E-state index contributed by atoms with van der Waals surface area (Å²) in [5, 5.41) is 0. The molecule has 2 aromatic carbocycles. The average molecular weight is 228 g/mol. The number of methoxy groups -OCH3 is 1. The minimum absolute atomic E-state index is 0.729. The van der Waals surface area contributed by atoms with Crippen LogP contribution in [0.5, 0.6) is 5.75 Å². The third-order valence-electron chi connectivity index (χ3n) is 2.19. The van der Waals surface area contributed by atoms with Crippen molar-refractivity contribution in [2.45, 2.75) is 6.92 Å². The minimum Gasteiger partial charge on any atom is -0.497 e. The lowest BCUT2D eigenvalue weighted by molar-refractivity contribution is 0.112. The lowest BCUT2D eigenvalue weighted by Crippen LogP contribution is -1.80. The fraction of sp³-hybridized carbons (Fsp3) is 0.133. The van der Waals surface area contributed by atoms with Crippen LogP contribution in [0.25, 0.3) is 0 Å². The van der Waals surface area contributed by atoms with Crippen molar-refractivity contribution in [1.29, 1.82) is 0 Å². The molecule has 0 amide bonds. The van der Waals surface area contributed by atoms with Gasteiger partial charge >= 0.3 is 0 Å². The quantitative estimate of drug-likeness (QED) is 0.735. The van der Waals surface area contributed by atoms with E-state index < -0.39 is 0 Å². The Morgan fingerprint density at radius 1 is 0.941 bits per heavy atom. The van der Waals surface area contributed by atoms with Crippen LogP contribution in [0.4, 0.5) is 0 Å². The van der Waals surface area contributed by atoms with E-state index in [4.69, 9.17) is 4.74 Å². The Balaban J connectivity index is 0.000000171. The number of ether oxygens (including phenoxy) is 1. The monoisotopic (exact) mass is 228 g/mol. The summed E-state index contributed by atoms with van der Waals surface area (Å²) in [6.45, 7) is 2.06. The molecule has 0 saturated carbocycles. The molecule has 0 heterocycles. The number of hydrogen-bond donors (Lipinski definition) is 0. The normalized spacial score (nSPS) is 8.82. The van der Waals surface area contributed by atoms with Gasteiger partial charge in [0.1, 0.15) is 12.0 Å². The molecule has 0 aliphatic rings. The maximum atomic E-state index is 10.0. The van der Waals surface area contributed by atoms with Gasteiger partial charge in [-0.05, 0) is 19.1 Å². The second-order valence-electron chi connectivity index (χ2n) is 3.55. The van der Waals surface area contributed by atoms with E-state index in [-0.39, 0.29) is 0 Å². The highest BCUT2D eigenvalue weighted by molar-refractivity contribution is 5.74. The highest BCUT2D eigenvalue weighted by Crippen LogP contribution is 2.09. The molecular formula is C15H16O2. The van der Waals surface area contributed by atoms with Crippen molar-refractivity contribution in [3.05, 3.63) is 65.7 Å². The van der Waals surface area contributed by atoms with Crippen molar-refractivity contribution < 1.29 is 9.53 Å². The number of carbonyl (C=O) groups excluding carboxylic acids is 1. The molecule has 0 bridgehead atoms. The summed E-state index contributed by atoms with van der Waals surface area (Å²) in [5.41, 5.74) is 1.99. The van der Waals surface area contributed by atoms with Gasteiger partial charge in [0.25, 0.3) is 0 Å². The summed E-state index contributed by atoms with van der Waals surface area (Å²) in [4.78, 5) is 10.0. The van der Waals surface area contributed by atoms with E-state index in [1.807, 2.05) is 42.5 Å². The predicted molar refractivity (Wildman–Crippen MR) is 69.6 cm³/mol. The van der Waals surface area contributed by atoms with Crippen LogP contribution < -0.4 is 4.74 Å². The molecule has 88 valence electrons. The maximum absolute atomic E-state index is 10.0. The highest BCUT2D eigenvalue weighted by atomic mass is 16.5. The third kappa shape index (κ3) is 4.98. The van der Waals surface area contributed by atoms with Gasteiger partial charge in [-0.2, -0.15) is 0 Å². The Kier molecular flexibility index (Phi) is 5.52. The molecular weight excluding hydrogens is 212 g/mol. The first kappa shape index (κ1) is 13.0. The largest absolute Gasteiger partial charge is 0.497 e. The molecule has 0 fully saturated rings. The number of aryl methyl sites for hydroxylation is 1. The van der Waals surface area contributed by atoms with Crippen LogP contribution >= 0.6 is 0 Å². The van der Waals surface area contributed by atoms with Gasteiger partial charge < -0.3 is 4.74 Å². The van der Waals surface area contributed by atoms with Crippen LogP contribution in [0.1, 0.15) is 15.9 Å². The molecule has 17 heavy (non-hydrogen) atoms. The number of benzene rings is 2. The van der Waals surface area contributed by atoms with Crippen molar-refractivity contribution in [2.24, 2.45) is 0 Å². The van der Waals surface area contributed by atoms with Gasteiger partial charge in [0.15, 0.2) is 0 Å². The molecule has 0 unspecified atom stereocenters. The molecule has 0 aliphatic heterocycles. The van der Waals surface area contributed by atoms with Crippen LogP contribution in [0, 0.1) is 6.92 Å². The van der Waals surface area contributed by atoms with Crippen LogP contribution in [0.2, 0.25) is 0 Å². The number of rotatable bonds is 2. The molecule has 0 aromatic heterocycles. The summed E-state index contributed by atoms with van der Waals surface area (Å²) < 4.78 is 4.97. The first-order chi connectivity index (χ1) is 8.26. The summed E-state index contributed by atoms with van der Waals surface area (Å²) in [6.07, 6.45) is 0.833. The van der Waals surface area contributed by atoms with Crippen LogP contribution in [0.3, 0.4) is 0 Å². The smallest absolute Gasteiger partial charge is 0.150 e. The number of carbonyl (C=O) groups is 1. The van der Waals surface area contributed by atoms with E-state index in [1.54, 1.807) is 19.2 Å². The molecule has 2 rings (SSSR count). The molecule has 0 spiro atoms. The van der Waals surface area contributed by atoms with E-state index in [0.29, 0.717) is 0 Å². The molecule has 2 heteroatoms. The SMILES string of the molecule is COc1ccc(C)cc1.O=Cc1ccccc1. The van der Waals surface area contributed by atoms with Crippen LogP contribution in [-0.2, 0) is 0 Å². The fourth-order valence-electron chi connectivity index (χ4n) is 1.21. The zero-order chi connectivity index (χ0) is 12.5. The van der Waals surface area contributed by atoms with Crippen molar-refractivity contribution >= 4 is 6.29 Å². The summed E-state index contributed by atoms with van der Waals surface area (Å²) in [6, 6.07) is 17.1. The molecule has 0 atom stereocenters. The van der Waals surface area contributed by atoms with Crippen molar-refractivity contribution in [1.82, 2.24) is 0 Å². The van der Waals surface area contributed by atoms with Gasteiger partial charge in [0.05, 0.1) is 7.11 Å². The summed E-state index contributed by atoms with van der Waals surface area (Å²) >= 11 is 0. The van der Waals surface area contributed by atoms with Crippen molar-refractivity contribution in [3.63, 3.8) is 0 Å². The number of aldehydes is 1.